The van der Waals surface area contributed by atoms with Crippen molar-refractivity contribution < 1.29 is 18.1 Å². The minimum Gasteiger partial charge on any atom is -0.283 e. The Morgan fingerprint density at radius 1 is 1.07 bits per heavy atom. The van der Waals surface area contributed by atoms with Gasteiger partial charge in [0, 0.05) is 18.5 Å². The molecule has 28 heavy (non-hydrogen) atoms. The maximum atomic E-state index is 12.7. The van der Waals surface area contributed by atoms with Crippen LogP contribution in [0, 0.1) is 5.92 Å². The Morgan fingerprint density at radius 3 is 2.50 bits per heavy atom. The molecule has 0 unspecified atom stereocenters. The first-order valence-corrected chi connectivity index (χ1v) is 11.0. The Morgan fingerprint density at radius 2 is 1.79 bits per heavy atom. The molecule has 4 rings (SSSR count). The van der Waals surface area contributed by atoms with Crippen molar-refractivity contribution >= 4 is 18.6 Å². The molecular weight excluding hydrogens is 373 g/mol. The van der Waals surface area contributed by atoms with E-state index in [1.807, 2.05) is 0 Å². The Hall–Kier alpha value is -1.75. The van der Waals surface area contributed by atoms with Crippen LogP contribution in [0.2, 0.25) is 0 Å². The number of phosphoric ester groups is 1. The molecule has 0 spiro atoms. The van der Waals surface area contributed by atoms with E-state index in [2.05, 4.69) is 60.5 Å². The summed E-state index contributed by atoms with van der Waals surface area (Å²) in [5, 5.41) is 2.53. The normalized spacial score (nSPS) is 24.2. The second-order valence-corrected chi connectivity index (χ2v) is 9.17. The minimum atomic E-state index is -3.62. The zero-order chi connectivity index (χ0) is 19.6. The molecule has 2 aromatic carbocycles. The van der Waals surface area contributed by atoms with Crippen LogP contribution in [0.25, 0.3) is 10.8 Å². The van der Waals surface area contributed by atoms with Gasteiger partial charge in [-0.05, 0) is 28.7 Å². The number of likely N-dealkylation sites (tertiary alicyclic amines) is 1. The molecule has 2 aromatic rings. The van der Waals surface area contributed by atoms with Gasteiger partial charge in [-0.1, -0.05) is 54.6 Å². The number of rotatable bonds is 10. The van der Waals surface area contributed by atoms with Gasteiger partial charge in [-0.3, -0.25) is 18.5 Å². The van der Waals surface area contributed by atoms with E-state index in [0.717, 1.165) is 13.1 Å². The lowest BCUT2D eigenvalue weighted by molar-refractivity contribution is 0.0713. The number of piperidine rings is 1. The van der Waals surface area contributed by atoms with Gasteiger partial charge < -0.3 is 0 Å². The summed E-state index contributed by atoms with van der Waals surface area (Å²) in [4.78, 5) is 2.19. The van der Waals surface area contributed by atoms with Gasteiger partial charge in [-0.15, -0.1) is 13.2 Å². The monoisotopic (exact) mass is 399 g/mol. The summed E-state index contributed by atoms with van der Waals surface area (Å²) < 4.78 is 28.8. The maximum Gasteiger partial charge on any atom is 0.476 e. The molecule has 1 saturated carbocycles. The summed E-state index contributed by atoms with van der Waals surface area (Å²) in [7, 11) is -3.62. The second kappa shape index (κ2) is 7.94. The lowest BCUT2D eigenvalue weighted by Crippen LogP contribution is -2.28. The average molecular weight is 399 g/mol. The lowest BCUT2D eigenvalue weighted by Gasteiger charge is -2.23. The van der Waals surface area contributed by atoms with Gasteiger partial charge >= 0.3 is 7.82 Å². The fourth-order valence-corrected chi connectivity index (χ4v) is 5.29. The van der Waals surface area contributed by atoms with Crippen LogP contribution in [0.4, 0.5) is 0 Å². The predicted molar refractivity (Wildman–Crippen MR) is 111 cm³/mol. The zero-order valence-corrected chi connectivity index (χ0v) is 16.9. The molecule has 0 amide bonds. The first-order valence-electron chi connectivity index (χ1n) is 9.56. The SMILES string of the molecule is C=CCOP(=O)(OCC=C)OCN1C[C@H]2C[C@@]2(c2ccc3ccccc3c2)C1. The van der Waals surface area contributed by atoms with Gasteiger partial charge in [-0.25, -0.2) is 4.57 Å². The van der Waals surface area contributed by atoms with E-state index in [4.69, 9.17) is 13.6 Å². The summed E-state index contributed by atoms with van der Waals surface area (Å²) in [5.41, 5.74) is 1.56. The van der Waals surface area contributed by atoms with E-state index < -0.39 is 7.82 Å². The third-order valence-electron chi connectivity index (χ3n) is 5.64. The molecule has 2 atom stereocenters. The Labute approximate surface area is 166 Å². The molecule has 0 N–H and O–H groups in total. The van der Waals surface area contributed by atoms with Crippen LogP contribution in [0.3, 0.4) is 0 Å². The van der Waals surface area contributed by atoms with Crippen LogP contribution in [-0.4, -0.2) is 37.9 Å². The molecule has 1 heterocycles. The van der Waals surface area contributed by atoms with Gasteiger partial charge in [0.1, 0.15) is 6.73 Å². The van der Waals surface area contributed by atoms with Crippen LogP contribution < -0.4 is 0 Å². The summed E-state index contributed by atoms with van der Waals surface area (Å²) in [5.74, 6) is 0.611. The van der Waals surface area contributed by atoms with Crippen molar-refractivity contribution in [3.63, 3.8) is 0 Å². The highest BCUT2D eigenvalue weighted by Gasteiger charge is 2.60. The predicted octanol–water partition coefficient (Wildman–Crippen LogP) is 4.90. The highest BCUT2D eigenvalue weighted by atomic mass is 31.2. The molecule has 1 aliphatic carbocycles. The molecule has 0 aromatic heterocycles. The highest BCUT2D eigenvalue weighted by Crippen LogP contribution is 2.59. The summed E-state index contributed by atoms with van der Waals surface area (Å²) in [6, 6.07) is 15.2. The Bertz CT molecular complexity index is 914. The van der Waals surface area contributed by atoms with Crippen molar-refractivity contribution in [3.05, 3.63) is 73.3 Å². The van der Waals surface area contributed by atoms with Crippen LogP contribution in [0.5, 0.6) is 0 Å². The first kappa shape index (κ1) is 19.6. The number of benzene rings is 2. The fourth-order valence-electron chi connectivity index (χ4n) is 4.18. The van der Waals surface area contributed by atoms with Crippen molar-refractivity contribution in [2.75, 3.05) is 33.0 Å². The zero-order valence-electron chi connectivity index (χ0n) is 16.0. The number of phosphoric acid groups is 1. The van der Waals surface area contributed by atoms with E-state index >= 15 is 0 Å². The standard InChI is InChI=1S/C22H26NO4P/c1-3-11-25-28(24,26-12-4-2)27-17-23-15-21-14-22(21,16-23)20-10-9-18-7-5-6-8-19(18)13-20/h3-10,13,21H,1-2,11-12,14-17H2/t21-,22+/m1/s1. The summed E-state index contributed by atoms with van der Waals surface area (Å²) in [6.45, 7) is 9.40. The molecule has 1 saturated heterocycles. The summed E-state index contributed by atoms with van der Waals surface area (Å²) >= 11 is 0. The second-order valence-electron chi connectivity index (χ2n) is 7.50. The highest BCUT2D eigenvalue weighted by molar-refractivity contribution is 7.48. The Kier molecular flexibility index (Phi) is 5.55. The van der Waals surface area contributed by atoms with E-state index in [1.165, 1.54) is 34.9 Å². The number of fused-ring (bicyclic) bond motifs is 2. The van der Waals surface area contributed by atoms with Crippen LogP contribution in [0.1, 0.15) is 12.0 Å². The largest absolute Gasteiger partial charge is 0.476 e. The quantitative estimate of drug-likeness (QED) is 0.420. The van der Waals surface area contributed by atoms with Gasteiger partial charge in [0.15, 0.2) is 0 Å². The third-order valence-corrected chi connectivity index (χ3v) is 7.00. The fraction of sp³-hybridized carbons (Fsp3) is 0.364. The topological polar surface area (TPSA) is 48.0 Å². The average Bonchev–Trinajstić information content (AvgIpc) is 3.30. The van der Waals surface area contributed by atoms with E-state index in [-0.39, 0.29) is 25.4 Å². The molecule has 2 aliphatic rings. The van der Waals surface area contributed by atoms with Crippen LogP contribution >= 0.6 is 7.82 Å². The van der Waals surface area contributed by atoms with Crippen molar-refractivity contribution in [2.24, 2.45) is 5.92 Å². The molecular formula is C22H26NO4P. The van der Waals surface area contributed by atoms with Crippen molar-refractivity contribution in [1.29, 1.82) is 0 Å². The van der Waals surface area contributed by atoms with E-state index in [9.17, 15) is 4.57 Å². The van der Waals surface area contributed by atoms with Crippen molar-refractivity contribution in [2.45, 2.75) is 11.8 Å². The smallest absolute Gasteiger partial charge is 0.283 e. The first-order chi connectivity index (χ1) is 13.6. The van der Waals surface area contributed by atoms with Crippen LogP contribution in [0.15, 0.2) is 67.8 Å². The van der Waals surface area contributed by atoms with E-state index in [1.54, 1.807) is 0 Å². The van der Waals surface area contributed by atoms with Gasteiger partial charge in [0.25, 0.3) is 0 Å². The van der Waals surface area contributed by atoms with Gasteiger partial charge in [0.05, 0.1) is 13.2 Å². The molecule has 5 nitrogen and oxygen atoms in total. The number of hydrogen-bond donors (Lipinski definition) is 0. The van der Waals surface area contributed by atoms with Crippen molar-refractivity contribution in [1.82, 2.24) is 4.90 Å². The van der Waals surface area contributed by atoms with Gasteiger partial charge in [-0.2, -0.15) is 0 Å². The molecule has 0 radical (unpaired) electrons. The summed E-state index contributed by atoms with van der Waals surface area (Å²) in [6.07, 6.45) is 4.24. The third kappa shape index (κ3) is 3.86. The number of hydrogen-bond acceptors (Lipinski definition) is 5. The molecule has 2 fully saturated rings. The molecule has 6 heteroatoms. The number of nitrogens with zero attached hydrogens (tertiary/aromatic N) is 1. The molecule has 148 valence electrons. The lowest BCUT2D eigenvalue weighted by atomic mass is 9.93. The minimum absolute atomic E-state index is 0.109. The molecule has 1 aliphatic heterocycles. The van der Waals surface area contributed by atoms with Crippen molar-refractivity contribution in [3.8, 4) is 0 Å². The van der Waals surface area contributed by atoms with Gasteiger partial charge in [0.2, 0.25) is 0 Å². The Balaban J connectivity index is 1.41. The van der Waals surface area contributed by atoms with Crippen LogP contribution in [-0.2, 0) is 23.6 Å². The van der Waals surface area contributed by atoms with E-state index in [0.29, 0.717) is 5.92 Å². The maximum absolute atomic E-state index is 12.7. The molecule has 0 bridgehead atoms.